The van der Waals surface area contributed by atoms with Gasteiger partial charge in [-0.25, -0.2) is 24.1 Å². The van der Waals surface area contributed by atoms with Crippen LogP contribution >= 0.6 is 27.0 Å². The van der Waals surface area contributed by atoms with Crippen LogP contribution in [0.25, 0.3) is 11.2 Å². The molecule has 0 aliphatic carbocycles. The maximum Gasteiger partial charge on any atom is 0.481 e. The van der Waals surface area contributed by atoms with Crippen molar-refractivity contribution in [3.05, 3.63) is 34.5 Å². The molecule has 42 heavy (non-hydrogen) atoms. The standard InChI is InChI=1S/C20H24N6O13P2S/c21-3-8-1-2-42-17(8)16-14(29)12(27)9(37-16)4-35-40(31,32)39-41(33,34)36-5-10-13(28)15(30)20(38-10)26-7-25-11-18(22)23-6-24-19(11)26/h1-2,6-7,9-10,12-16,20,27-30H,4-5H2,(H,31,32)(H,33,34)(H2,22,23,24)/t9-,10-,12-,13-,14-,15-,16-,20-/m1/s1. The van der Waals surface area contributed by atoms with Gasteiger partial charge in [0.2, 0.25) is 0 Å². The van der Waals surface area contributed by atoms with E-state index >= 15 is 0 Å². The second kappa shape index (κ2) is 11.9. The Hall–Kier alpha value is -2.44. The van der Waals surface area contributed by atoms with Crippen LogP contribution in [0.15, 0.2) is 24.1 Å². The second-order valence-electron chi connectivity index (χ2n) is 9.13. The third-order valence-corrected chi connectivity index (χ3v) is 10.0. The molecule has 22 heteroatoms. The van der Waals surface area contributed by atoms with E-state index < -0.39 is 77.8 Å². The molecule has 19 nitrogen and oxygen atoms in total. The first-order chi connectivity index (χ1) is 19.8. The molecule has 0 spiro atoms. The number of nitrogen functional groups attached to an aromatic ring is 1. The van der Waals surface area contributed by atoms with Gasteiger partial charge in [-0.1, -0.05) is 0 Å². The lowest BCUT2D eigenvalue weighted by Crippen LogP contribution is -2.33. The van der Waals surface area contributed by atoms with Gasteiger partial charge in [0.1, 0.15) is 60.6 Å². The molecular weight excluding hydrogens is 626 g/mol. The number of nitriles is 1. The lowest BCUT2D eigenvalue weighted by atomic mass is 10.1. The first-order valence-electron chi connectivity index (χ1n) is 11.9. The molecule has 10 atom stereocenters. The third kappa shape index (κ3) is 6.12. The fourth-order valence-corrected chi connectivity index (χ4v) is 7.41. The molecule has 2 unspecified atom stereocenters. The number of phosphoric acid groups is 2. The topological polar surface area (TPSA) is 295 Å². The van der Waals surface area contributed by atoms with E-state index in [1.807, 2.05) is 6.07 Å². The predicted octanol–water partition coefficient (Wildman–Crippen LogP) is -0.927. The molecule has 0 bridgehead atoms. The highest BCUT2D eigenvalue weighted by molar-refractivity contribution is 7.61. The number of hydrogen-bond acceptors (Lipinski definition) is 17. The molecule has 2 aliphatic rings. The van der Waals surface area contributed by atoms with E-state index in [2.05, 4.69) is 23.8 Å². The maximum atomic E-state index is 12.4. The van der Waals surface area contributed by atoms with Crippen molar-refractivity contribution < 1.29 is 62.2 Å². The average Bonchev–Trinajstić information content (AvgIpc) is 3.69. The zero-order valence-corrected chi connectivity index (χ0v) is 23.6. The molecule has 3 aromatic heterocycles. The third-order valence-electron chi connectivity index (χ3n) is 6.45. The average molecular weight is 650 g/mol. The normalized spacial score (nSPS) is 32.5. The van der Waals surface area contributed by atoms with Crippen molar-refractivity contribution in [1.29, 1.82) is 5.26 Å². The summed E-state index contributed by atoms with van der Waals surface area (Å²) in [6.07, 6.45) is -9.13. The van der Waals surface area contributed by atoms with Gasteiger partial charge in [-0.3, -0.25) is 13.6 Å². The Labute approximate surface area is 239 Å². The van der Waals surface area contributed by atoms with Crippen LogP contribution in [0.1, 0.15) is 22.8 Å². The van der Waals surface area contributed by atoms with E-state index in [-0.39, 0.29) is 22.5 Å². The van der Waals surface area contributed by atoms with Crippen LogP contribution in [0.5, 0.6) is 0 Å². The number of aliphatic hydroxyl groups excluding tert-OH is 4. The Morgan fingerprint density at radius 2 is 1.64 bits per heavy atom. The molecule has 228 valence electrons. The summed E-state index contributed by atoms with van der Waals surface area (Å²) in [6, 6.07) is 3.41. The van der Waals surface area contributed by atoms with Crippen LogP contribution in [-0.4, -0.2) is 99.6 Å². The van der Waals surface area contributed by atoms with E-state index in [1.165, 1.54) is 17.0 Å². The minimum Gasteiger partial charge on any atom is -0.387 e. The first-order valence-corrected chi connectivity index (χ1v) is 15.8. The highest BCUT2D eigenvalue weighted by Crippen LogP contribution is 2.61. The summed E-state index contributed by atoms with van der Waals surface area (Å²) in [4.78, 5) is 32.1. The molecule has 0 radical (unpaired) electrons. The van der Waals surface area contributed by atoms with Gasteiger partial charge in [0.05, 0.1) is 30.0 Å². The number of rotatable bonds is 10. The van der Waals surface area contributed by atoms with Gasteiger partial charge in [0.15, 0.2) is 17.7 Å². The van der Waals surface area contributed by atoms with Gasteiger partial charge < -0.3 is 45.4 Å². The SMILES string of the molecule is N#Cc1ccsc1[C@@H]1O[C@H](COP(=O)(O)OP(=O)(O)OC[C@H]2O[C@@H](n3cnc4c(N)ncnc43)[C@H](O)[C@@H]2O)[C@@H](O)[C@H]1O. The maximum absolute atomic E-state index is 12.4. The monoisotopic (exact) mass is 650 g/mol. The van der Waals surface area contributed by atoms with Crippen molar-refractivity contribution in [1.82, 2.24) is 19.5 Å². The number of anilines is 1. The zero-order chi connectivity index (χ0) is 30.4. The number of aromatic nitrogens is 4. The van der Waals surface area contributed by atoms with Crippen LogP contribution in [-0.2, 0) is 32.0 Å². The van der Waals surface area contributed by atoms with E-state index in [1.54, 1.807) is 5.38 Å². The Kier molecular flexibility index (Phi) is 8.80. The van der Waals surface area contributed by atoms with E-state index in [4.69, 9.17) is 19.7 Å². The molecule has 5 heterocycles. The van der Waals surface area contributed by atoms with E-state index in [9.17, 15) is 44.6 Å². The first kappa shape index (κ1) is 31.0. The quantitative estimate of drug-likeness (QED) is 0.130. The van der Waals surface area contributed by atoms with Crippen LogP contribution in [0, 0.1) is 11.3 Å². The molecule has 3 aromatic rings. The van der Waals surface area contributed by atoms with Crippen molar-refractivity contribution in [2.75, 3.05) is 18.9 Å². The number of fused-ring (bicyclic) bond motifs is 1. The molecule has 0 saturated carbocycles. The molecule has 0 amide bonds. The van der Waals surface area contributed by atoms with Crippen LogP contribution < -0.4 is 5.73 Å². The van der Waals surface area contributed by atoms with Gasteiger partial charge in [-0.15, -0.1) is 11.3 Å². The predicted molar refractivity (Wildman–Crippen MR) is 137 cm³/mol. The fraction of sp³-hybridized carbons (Fsp3) is 0.500. The second-order valence-corrected chi connectivity index (χ2v) is 13.1. The van der Waals surface area contributed by atoms with Crippen molar-refractivity contribution >= 4 is 44.0 Å². The number of aliphatic hydroxyl groups is 4. The summed E-state index contributed by atoms with van der Waals surface area (Å²) in [5.41, 5.74) is 6.33. The minimum absolute atomic E-state index is 0.0568. The van der Waals surface area contributed by atoms with E-state index in [0.29, 0.717) is 4.88 Å². The Morgan fingerprint density at radius 1 is 1.00 bits per heavy atom. The fourth-order valence-electron chi connectivity index (χ4n) is 4.40. The van der Waals surface area contributed by atoms with Crippen LogP contribution in [0.3, 0.4) is 0 Å². The molecule has 2 fully saturated rings. The summed E-state index contributed by atoms with van der Waals surface area (Å²) >= 11 is 1.09. The summed E-state index contributed by atoms with van der Waals surface area (Å²) in [5.74, 6) is 0.0568. The zero-order valence-electron chi connectivity index (χ0n) is 21.0. The van der Waals surface area contributed by atoms with Crippen molar-refractivity contribution in [2.45, 2.75) is 49.0 Å². The molecule has 5 rings (SSSR count). The summed E-state index contributed by atoms with van der Waals surface area (Å²) in [7, 11) is -10.7. The Morgan fingerprint density at radius 3 is 2.31 bits per heavy atom. The Bertz CT molecular complexity index is 1580. The molecule has 0 aromatic carbocycles. The molecule has 2 aliphatic heterocycles. The van der Waals surface area contributed by atoms with Crippen LogP contribution in [0.4, 0.5) is 5.82 Å². The van der Waals surface area contributed by atoms with Crippen molar-refractivity contribution in [3.63, 3.8) is 0 Å². The van der Waals surface area contributed by atoms with Crippen molar-refractivity contribution in [3.8, 4) is 6.07 Å². The molecule has 8 N–H and O–H groups in total. The van der Waals surface area contributed by atoms with Gasteiger partial charge in [0, 0.05) is 0 Å². The highest BCUT2D eigenvalue weighted by atomic mass is 32.1. The highest BCUT2D eigenvalue weighted by Gasteiger charge is 2.48. The van der Waals surface area contributed by atoms with Gasteiger partial charge in [0.25, 0.3) is 0 Å². The number of thiophene rings is 1. The van der Waals surface area contributed by atoms with Gasteiger partial charge in [-0.2, -0.15) is 9.57 Å². The number of phosphoric ester groups is 2. The van der Waals surface area contributed by atoms with Crippen LogP contribution in [0.2, 0.25) is 0 Å². The van der Waals surface area contributed by atoms with Crippen molar-refractivity contribution in [2.24, 2.45) is 0 Å². The van der Waals surface area contributed by atoms with E-state index in [0.717, 1.165) is 17.7 Å². The smallest absolute Gasteiger partial charge is 0.387 e. The number of ether oxygens (including phenoxy) is 2. The number of nitrogens with zero attached hydrogens (tertiary/aromatic N) is 5. The lowest BCUT2D eigenvalue weighted by molar-refractivity contribution is -0.0507. The minimum atomic E-state index is -5.34. The molecule has 2 saturated heterocycles. The summed E-state index contributed by atoms with van der Waals surface area (Å²) in [5, 5.41) is 52.2. The number of imidazole rings is 1. The molecular formula is C20H24N6O13P2S. The lowest BCUT2D eigenvalue weighted by Gasteiger charge is -2.20. The Balaban J connectivity index is 1.16. The van der Waals surface area contributed by atoms with Gasteiger partial charge in [-0.05, 0) is 11.4 Å². The number of hydrogen-bond donors (Lipinski definition) is 7. The largest absolute Gasteiger partial charge is 0.481 e. The summed E-state index contributed by atoms with van der Waals surface area (Å²) < 4.78 is 50.7. The summed E-state index contributed by atoms with van der Waals surface area (Å²) in [6.45, 7) is -1.74. The number of nitrogens with two attached hydrogens (primary N) is 1. The van der Waals surface area contributed by atoms with Gasteiger partial charge >= 0.3 is 15.6 Å².